The number of nitrogens with one attached hydrogen (secondary N) is 2. The molecule has 0 spiro atoms. The number of hydrogen-bond acceptors (Lipinski definition) is 6. The summed E-state index contributed by atoms with van der Waals surface area (Å²) in [6.07, 6.45) is 3.02. The second-order valence-electron chi connectivity index (χ2n) is 5.31. The Morgan fingerprint density at radius 2 is 2.15 bits per heavy atom. The molecule has 7 heteroatoms. The van der Waals surface area contributed by atoms with E-state index in [-0.39, 0.29) is 11.3 Å². The highest BCUT2D eigenvalue weighted by atomic mass is 32.1. The molecule has 2 aromatic rings. The van der Waals surface area contributed by atoms with E-state index in [0.717, 1.165) is 5.69 Å². The fourth-order valence-corrected chi connectivity index (χ4v) is 2.47. The van der Waals surface area contributed by atoms with Crippen LogP contribution in [0.3, 0.4) is 0 Å². The summed E-state index contributed by atoms with van der Waals surface area (Å²) >= 11 is 1.40. The molecule has 0 radical (unpaired) electrons. The summed E-state index contributed by atoms with van der Waals surface area (Å²) in [5, 5.41) is 5.27. The summed E-state index contributed by atoms with van der Waals surface area (Å²) in [6.45, 7) is 6.22. The van der Waals surface area contributed by atoms with E-state index in [2.05, 4.69) is 41.5 Å². The number of anilines is 2. The Bertz CT molecular complexity index is 617. The second-order valence-corrected chi connectivity index (χ2v) is 6.17. The minimum Gasteiger partial charge on any atom is -0.323 e. The van der Waals surface area contributed by atoms with Crippen LogP contribution < -0.4 is 16.6 Å². The van der Waals surface area contributed by atoms with Gasteiger partial charge in [-0.25, -0.2) is 4.98 Å². The number of pyridine rings is 1. The second kappa shape index (κ2) is 5.56. The molecule has 0 atom stereocenters. The van der Waals surface area contributed by atoms with Crippen molar-refractivity contribution in [1.29, 1.82) is 0 Å². The highest BCUT2D eigenvalue weighted by molar-refractivity contribution is 7.14. The number of carbonyl (C=O) groups excluding carboxylic acids is 1. The molecule has 0 unspecified atom stereocenters. The van der Waals surface area contributed by atoms with Crippen LogP contribution in [0.1, 0.15) is 36.8 Å². The first-order chi connectivity index (χ1) is 9.41. The smallest absolute Gasteiger partial charge is 0.261 e. The molecule has 0 saturated heterocycles. The maximum Gasteiger partial charge on any atom is 0.261 e. The van der Waals surface area contributed by atoms with Crippen molar-refractivity contribution in [1.82, 2.24) is 9.97 Å². The van der Waals surface area contributed by atoms with Gasteiger partial charge in [-0.3, -0.25) is 20.9 Å². The van der Waals surface area contributed by atoms with Crippen LogP contribution in [0.25, 0.3) is 0 Å². The van der Waals surface area contributed by atoms with Crippen LogP contribution in [0.2, 0.25) is 0 Å². The molecule has 0 aliphatic carbocycles. The van der Waals surface area contributed by atoms with Gasteiger partial charge in [-0.05, 0) is 6.07 Å². The van der Waals surface area contributed by atoms with E-state index >= 15 is 0 Å². The van der Waals surface area contributed by atoms with Crippen molar-refractivity contribution in [2.45, 2.75) is 26.2 Å². The number of nitrogen functional groups attached to an aromatic ring is 1. The van der Waals surface area contributed by atoms with Gasteiger partial charge in [0.05, 0.1) is 16.9 Å². The number of nitrogens with two attached hydrogens (primary N) is 1. The van der Waals surface area contributed by atoms with Gasteiger partial charge in [0.25, 0.3) is 5.91 Å². The highest BCUT2D eigenvalue weighted by Crippen LogP contribution is 2.26. The predicted molar refractivity (Wildman–Crippen MR) is 80.8 cm³/mol. The Morgan fingerprint density at radius 3 is 2.75 bits per heavy atom. The zero-order valence-electron chi connectivity index (χ0n) is 11.6. The Kier molecular flexibility index (Phi) is 4.01. The molecule has 1 amide bonds. The van der Waals surface area contributed by atoms with Gasteiger partial charge in [-0.2, -0.15) is 0 Å². The van der Waals surface area contributed by atoms with E-state index in [1.54, 1.807) is 12.3 Å². The third-order valence-corrected chi connectivity index (χ3v) is 3.47. The fraction of sp³-hybridized carbons (Fsp3) is 0.308. The van der Waals surface area contributed by atoms with E-state index in [4.69, 9.17) is 5.84 Å². The molecule has 0 bridgehead atoms. The van der Waals surface area contributed by atoms with Crippen LogP contribution in [-0.2, 0) is 5.41 Å². The molecule has 0 aliphatic rings. The van der Waals surface area contributed by atoms with Crippen LogP contribution in [-0.4, -0.2) is 15.9 Å². The summed E-state index contributed by atoms with van der Waals surface area (Å²) in [4.78, 5) is 20.5. The average Bonchev–Trinajstić information content (AvgIpc) is 2.87. The summed E-state index contributed by atoms with van der Waals surface area (Å²) in [7, 11) is 0. The first-order valence-electron chi connectivity index (χ1n) is 6.10. The number of thiazole rings is 1. The van der Waals surface area contributed by atoms with Crippen LogP contribution in [0.4, 0.5) is 10.8 Å². The lowest BCUT2D eigenvalue weighted by molar-refractivity contribution is 0.102. The zero-order chi connectivity index (χ0) is 14.8. The molecule has 106 valence electrons. The molecular weight excluding hydrogens is 274 g/mol. The van der Waals surface area contributed by atoms with Crippen molar-refractivity contribution in [2.24, 2.45) is 5.84 Å². The van der Waals surface area contributed by atoms with Gasteiger partial charge in [0.1, 0.15) is 0 Å². The van der Waals surface area contributed by atoms with Gasteiger partial charge < -0.3 is 5.43 Å². The van der Waals surface area contributed by atoms with Crippen molar-refractivity contribution in [3.63, 3.8) is 0 Å². The average molecular weight is 291 g/mol. The molecule has 6 nitrogen and oxygen atoms in total. The van der Waals surface area contributed by atoms with Gasteiger partial charge >= 0.3 is 0 Å². The maximum atomic E-state index is 12.2. The minimum atomic E-state index is -0.291. The molecule has 0 saturated carbocycles. The largest absolute Gasteiger partial charge is 0.323 e. The van der Waals surface area contributed by atoms with Crippen molar-refractivity contribution in [3.8, 4) is 0 Å². The number of rotatable bonds is 3. The van der Waals surface area contributed by atoms with Crippen LogP contribution in [0.5, 0.6) is 0 Å². The van der Waals surface area contributed by atoms with E-state index in [1.165, 1.54) is 17.5 Å². The molecule has 0 aliphatic heterocycles. The normalized spacial score (nSPS) is 11.2. The molecule has 2 rings (SSSR count). The molecule has 20 heavy (non-hydrogen) atoms. The quantitative estimate of drug-likeness (QED) is 0.596. The Morgan fingerprint density at radius 1 is 1.40 bits per heavy atom. The SMILES string of the molecule is CC(C)(C)c1csc(NC(=O)c2cnccc2NN)n1. The first-order valence-corrected chi connectivity index (χ1v) is 6.98. The van der Waals surface area contributed by atoms with E-state index in [1.807, 2.05) is 5.38 Å². The highest BCUT2D eigenvalue weighted by Gasteiger charge is 2.19. The molecule has 0 fully saturated rings. The lowest BCUT2D eigenvalue weighted by Crippen LogP contribution is -2.18. The number of nitrogens with zero attached hydrogens (tertiary/aromatic N) is 2. The fourth-order valence-electron chi connectivity index (χ4n) is 1.54. The molecule has 2 heterocycles. The van der Waals surface area contributed by atoms with E-state index in [9.17, 15) is 4.79 Å². The van der Waals surface area contributed by atoms with Gasteiger partial charge in [0.2, 0.25) is 0 Å². The van der Waals surface area contributed by atoms with Crippen molar-refractivity contribution < 1.29 is 4.79 Å². The lowest BCUT2D eigenvalue weighted by Gasteiger charge is -2.14. The third kappa shape index (κ3) is 3.12. The van der Waals surface area contributed by atoms with Crippen LogP contribution >= 0.6 is 11.3 Å². The number of aromatic nitrogens is 2. The molecule has 4 N–H and O–H groups in total. The topological polar surface area (TPSA) is 92.9 Å². The lowest BCUT2D eigenvalue weighted by atomic mass is 9.93. The van der Waals surface area contributed by atoms with E-state index < -0.39 is 0 Å². The van der Waals surface area contributed by atoms with Gasteiger partial charge in [0, 0.05) is 23.2 Å². The Hall–Kier alpha value is -1.99. The number of amides is 1. The zero-order valence-corrected chi connectivity index (χ0v) is 12.4. The summed E-state index contributed by atoms with van der Waals surface area (Å²) < 4.78 is 0. The van der Waals surface area contributed by atoms with Crippen molar-refractivity contribution in [2.75, 3.05) is 10.7 Å². The first kappa shape index (κ1) is 14.4. The summed E-state index contributed by atoms with van der Waals surface area (Å²) in [6, 6.07) is 1.64. The Labute approximate surface area is 121 Å². The van der Waals surface area contributed by atoms with E-state index in [0.29, 0.717) is 16.4 Å². The molecular formula is C13H17N5OS. The minimum absolute atomic E-state index is 0.0439. The maximum absolute atomic E-state index is 12.2. The van der Waals surface area contributed by atoms with Crippen LogP contribution in [0, 0.1) is 0 Å². The van der Waals surface area contributed by atoms with Crippen molar-refractivity contribution >= 4 is 28.1 Å². The van der Waals surface area contributed by atoms with Crippen LogP contribution in [0.15, 0.2) is 23.8 Å². The standard InChI is InChI=1S/C13H17N5OS/c1-13(2,3)10-7-20-12(16-10)17-11(19)8-6-15-5-4-9(8)18-14/h4-7H,14H2,1-3H3,(H,15,18)(H,16,17,19). The van der Waals surface area contributed by atoms with Gasteiger partial charge in [-0.1, -0.05) is 20.8 Å². The molecule has 2 aromatic heterocycles. The van der Waals surface area contributed by atoms with Gasteiger partial charge in [0.15, 0.2) is 5.13 Å². The third-order valence-electron chi connectivity index (χ3n) is 2.71. The Balaban J connectivity index is 2.18. The number of hydrazine groups is 1. The summed E-state index contributed by atoms with van der Waals surface area (Å²) in [5.41, 5.74) is 4.27. The number of carbonyl (C=O) groups is 1. The predicted octanol–water partition coefficient (Wildman–Crippen LogP) is 2.37. The van der Waals surface area contributed by atoms with Crippen molar-refractivity contribution in [3.05, 3.63) is 35.1 Å². The molecule has 0 aromatic carbocycles. The number of hydrogen-bond donors (Lipinski definition) is 3. The monoisotopic (exact) mass is 291 g/mol. The summed E-state index contributed by atoms with van der Waals surface area (Å²) in [5.74, 6) is 5.08. The van der Waals surface area contributed by atoms with Gasteiger partial charge in [-0.15, -0.1) is 11.3 Å².